The Balaban J connectivity index is -0.00000364. The van der Waals surface area contributed by atoms with Crippen LogP contribution in [-0.4, -0.2) is 101 Å². The molecule has 166 valence electrons. The SMILES string of the molecule is CCCCCCCCCCCC(=O)NCCC(=O)OC(=O)CC[C@H](N)C(=O)O.[NaH].[NaH]. The molecule has 1 amide bonds. The first-order valence-corrected chi connectivity index (χ1v) is 10.3. The van der Waals surface area contributed by atoms with Crippen LogP contribution in [0.15, 0.2) is 0 Å². The molecule has 0 radical (unpaired) electrons. The molecule has 0 aromatic carbocycles. The van der Waals surface area contributed by atoms with E-state index in [-0.39, 0.29) is 90.8 Å². The average Bonchev–Trinajstić information content (AvgIpc) is 2.64. The third-order valence-corrected chi connectivity index (χ3v) is 4.36. The number of unbranched alkanes of at least 4 members (excludes halogenated alkanes) is 8. The molecule has 0 aliphatic carbocycles. The van der Waals surface area contributed by atoms with Crippen LogP contribution >= 0.6 is 0 Å². The number of amides is 1. The van der Waals surface area contributed by atoms with Gasteiger partial charge in [0.1, 0.15) is 6.04 Å². The van der Waals surface area contributed by atoms with E-state index < -0.39 is 23.9 Å². The summed E-state index contributed by atoms with van der Waals surface area (Å²) in [6, 6.07) is -1.16. The van der Waals surface area contributed by atoms with Gasteiger partial charge in [-0.2, -0.15) is 0 Å². The second-order valence-electron chi connectivity index (χ2n) is 7.01. The number of hydrogen-bond acceptors (Lipinski definition) is 6. The number of rotatable bonds is 17. The summed E-state index contributed by atoms with van der Waals surface area (Å²) < 4.78 is 4.55. The van der Waals surface area contributed by atoms with Crippen LogP contribution in [0.3, 0.4) is 0 Å². The van der Waals surface area contributed by atoms with E-state index in [4.69, 9.17) is 10.8 Å². The van der Waals surface area contributed by atoms with E-state index in [1.54, 1.807) is 0 Å². The minimum absolute atomic E-state index is 0. The summed E-state index contributed by atoms with van der Waals surface area (Å²) in [7, 11) is 0. The predicted octanol–water partition coefficient (Wildman–Crippen LogP) is 1.38. The van der Waals surface area contributed by atoms with E-state index in [9.17, 15) is 19.2 Å². The number of carboxylic acid groups (broad SMARTS) is 1. The number of ether oxygens (including phenoxy) is 1. The van der Waals surface area contributed by atoms with Crippen LogP contribution in [-0.2, 0) is 23.9 Å². The molecule has 0 fully saturated rings. The van der Waals surface area contributed by atoms with Crippen molar-refractivity contribution in [1.82, 2.24) is 5.32 Å². The van der Waals surface area contributed by atoms with Crippen molar-refractivity contribution in [3.63, 3.8) is 0 Å². The molecule has 0 saturated heterocycles. The molecular formula is C20H38N2Na2O6. The molecule has 0 saturated carbocycles. The molecule has 0 aromatic rings. The first-order chi connectivity index (χ1) is 13.4. The van der Waals surface area contributed by atoms with Crippen LogP contribution in [0.25, 0.3) is 0 Å². The molecule has 0 aromatic heterocycles. The normalized spacial score (nSPS) is 10.9. The molecule has 8 nitrogen and oxygen atoms in total. The van der Waals surface area contributed by atoms with Gasteiger partial charge in [0.05, 0.1) is 6.42 Å². The van der Waals surface area contributed by atoms with Gasteiger partial charge in [0, 0.05) is 19.4 Å². The van der Waals surface area contributed by atoms with Crippen molar-refractivity contribution in [2.75, 3.05) is 6.54 Å². The summed E-state index contributed by atoms with van der Waals surface area (Å²) in [5.41, 5.74) is 5.26. The van der Waals surface area contributed by atoms with E-state index in [0.29, 0.717) is 6.42 Å². The Labute approximate surface area is 224 Å². The van der Waals surface area contributed by atoms with Crippen LogP contribution in [0.5, 0.6) is 0 Å². The second kappa shape index (κ2) is 23.7. The maximum atomic E-state index is 11.7. The van der Waals surface area contributed by atoms with E-state index >= 15 is 0 Å². The fourth-order valence-electron chi connectivity index (χ4n) is 2.61. The third-order valence-electron chi connectivity index (χ3n) is 4.36. The van der Waals surface area contributed by atoms with Crippen molar-refractivity contribution in [2.24, 2.45) is 5.73 Å². The monoisotopic (exact) mass is 448 g/mol. The standard InChI is InChI=1S/C20H36N2O6.2Na.2H/c1-2-3-4-5-6-7-8-9-10-11-17(23)22-15-14-19(25)28-18(24)13-12-16(21)20(26)27;;;;/h16H,2-15,21H2,1H3,(H,22,23)(H,26,27);;;;/t16-;;;;/m0..../s1. The summed E-state index contributed by atoms with van der Waals surface area (Å²) in [5.74, 6) is -2.90. The number of nitrogens with two attached hydrogens (primary N) is 1. The molecule has 0 unspecified atom stereocenters. The molecule has 0 spiro atoms. The van der Waals surface area contributed by atoms with Crippen molar-refractivity contribution in [1.29, 1.82) is 0 Å². The molecule has 0 rings (SSSR count). The van der Waals surface area contributed by atoms with Gasteiger partial charge in [-0.25, -0.2) is 0 Å². The number of esters is 2. The molecule has 30 heavy (non-hydrogen) atoms. The summed E-state index contributed by atoms with van der Waals surface area (Å²) in [4.78, 5) is 45.1. The average molecular weight is 449 g/mol. The summed E-state index contributed by atoms with van der Waals surface area (Å²) in [6.07, 6.45) is 10.6. The fourth-order valence-corrected chi connectivity index (χ4v) is 2.61. The van der Waals surface area contributed by atoms with E-state index in [1.807, 2.05) is 0 Å². The zero-order valence-corrected chi connectivity index (χ0v) is 17.0. The second-order valence-corrected chi connectivity index (χ2v) is 7.01. The Kier molecular flexibility index (Phi) is 27.4. The quantitative estimate of drug-likeness (QED) is 0.132. The molecular weight excluding hydrogens is 410 g/mol. The molecule has 1 atom stereocenters. The predicted molar refractivity (Wildman–Crippen MR) is 120 cm³/mol. The zero-order valence-electron chi connectivity index (χ0n) is 17.0. The van der Waals surface area contributed by atoms with Crippen molar-refractivity contribution >= 4 is 82.9 Å². The van der Waals surface area contributed by atoms with Crippen LogP contribution in [0, 0.1) is 0 Å². The fraction of sp³-hybridized carbons (Fsp3) is 0.800. The number of nitrogens with one attached hydrogen (secondary N) is 1. The Morgan fingerprint density at radius 3 is 1.87 bits per heavy atom. The zero-order chi connectivity index (χ0) is 21.2. The van der Waals surface area contributed by atoms with Gasteiger partial charge in [0.15, 0.2) is 0 Å². The Hall–Kier alpha value is 0.0400. The Morgan fingerprint density at radius 2 is 1.33 bits per heavy atom. The van der Waals surface area contributed by atoms with Gasteiger partial charge < -0.3 is 20.9 Å². The topological polar surface area (TPSA) is 136 Å². The first kappa shape index (κ1) is 34.6. The minimum atomic E-state index is -1.21. The Bertz CT molecular complexity index is 492. The van der Waals surface area contributed by atoms with Crippen molar-refractivity contribution in [3.05, 3.63) is 0 Å². The molecule has 0 aliphatic heterocycles. The number of carboxylic acids is 1. The Morgan fingerprint density at radius 1 is 0.833 bits per heavy atom. The van der Waals surface area contributed by atoms with Gasteiger partial charge in [0.25, 0.3) is 0 Å². The van der Waals surface area contributed by atoms with Gasteiger partial charge in [0.2, 0.25) is 5.91 Å². The van der Waals surface area contributed by atoms with Crippen LogP contribution < -0.4 is 11.1 Å². The number of carbonyl (C=O) groups excluding carboxylic acids is 3. The van der Waals surface area contributed by atoms with Crippen molar-refractivity contribution in [3.8, 4) is 0 Å². The van der Waals surface area contributed by atoms with Gasteiger partial charge in [-0.05, 0) is 12.8 Å². The summed E-state index contributed by atoms with van der Waals surface area (Å²) in [6.45, 7) is 2.31. The van der Waals surface area contributed by atoms with Crippen molar-refractivity contribution in [2.45, 2.75) is 96.4 Å². The number of hydrogen-bond donors (Lipinski definition) is 3. The van der Waals surface area contributed by atoms with Gasteiger partial charge in [-0.1, -0.05) is 58.3 Å². The van der Waals surface area contributed by atoms with Gasteiger partial charge in [-0.3, -0.25) is 19.2 Å². The molecule has 0 aliphatic rings. The molecule has 4 N–H and O–H groups in total. The molecule has 10 heteroatoms. The maximum absolute atomic E-state index is 11.7. The van der Waals surface area contributed by atoms with Crippen LogP contribution in [0.2, 0.25) is 0 Å². The van der Waals surface area contributed by atoms with Gasteiger partial charge in [-0.15, -0.1) is 0 Å². The first-order valence-electron chi connectivity index (χ1n) is 10.3. The molecule has 0 bridgehead atoms. The summed E-state index contributed by atoms with van der Waals surface area (Å²) in [5, 5.41) is 11.2. The number of aliphatic carboxylic acids is 1. The van der Waals surface area contributed by atoms with Crippen molar-refractivity contribution < 1.29 is 29.0 Å². The van der Waals surface area contributed by atoms with Crippen LogP contribution in [0.4, 0.5) is 0 Å². The molecule has 0 heterocycles. The van der Waals surface area contributed by atoms with E-state index in [2.05, 4.69) is 17.0 Å². The van der Waals surface area contributed by atoms with E-state index in [1.165, 1.54) is 38.5 Å². The number of carbonyl (C=O) groups is 4. The third kappa shape index (κ3) is 22.7. The van der Waals surface area contributed by atoms with E-state index in [0.717, 1.165) is 19.3 Å². The van der Waals surface area contributed by atoms with Gasteiger partial charge >= 0.3 is 77.0 Å². The summed E-state index contributed by atoms with van der Waals surface area (Å²) >= 11 is 0. The van der Waals surface area contributed by atoms with Crippen LogP contribution in [0.1, 0.15) is 90.4 Å².